The van der Waals surface area contributed by atoms with Gasteiger partial charge in [-0.3, -0.25) is 4.68 Å². The molecule has 0 radical (unpaired) electrons. The minimum absolute atomic E-state index is 0.691. The summed E-state index contributed by atoms with van der Waals surface area (Å²) >= 11 is 3.45. The highest BCUT2D eigenvalue weighted by molar-refractivity contribution is 9.10. The van der Waals surface area contributed by atoms with Crippen LogP contribution in [0.3, 0.4) is 0 Å². The molecule has 0 amide bonds. The van der Waals surface area contributed by atoms with Crippen molar-refractivity contribution in [3.8, 4) is 0 Å². The maximum atomic E-state index is 4.31. The predicted octanol–water partition coefficient (Wildman–Crippen LogP) is 0.601. The van der Waals surface area contributed by atoms with E-state index in [0.717, 1.165) is 15.9 Å². The third-order valence-electron chi connectivity index (χ3n) is 2.10. The van der Waals surface area contributed by atoms with E-state index >= 15 is 0 Å². The Kier molecular flexibility index (Phi) is 3.35. The molecule has 2 aromatic heterocycles. The van der Waals surface area contributed by atoms with Crippen LogP contribution in [-0.4, -0.2) is 24.8 Å². The zero-order valence-corrected chi connectivity index (χ0v) is 10.8. The maximum Gasteiger partial charge on any atom is 0.0964 e. The Morgan fingerprint density at radius 3 is 2.69 bits per heavy atom. The minimum Gasteiger partial charge on any atom is -0.305 e. The van der Waals surface area contributed by atoms with E-state index in [1.54, 1.807) is 22.7 Å². The SMILES string of the molecule is Cn1cc(Br)c(CNCc2cnn(C)n2)n1. The van der Waals surface area contributed by atoms with Crippen molar-refractivity contribution in [3.63, 3.8) is 0 Å². The summed E-state index contributed by atoms with van der Waals surface area (Å²) in [4.78, 5) is 1.55. The van der Waals surface area contributed by atoms with Crippen molar-refractivity contribution in [3.05, 3.63) is 28.3 Å². The summed E-state index contributed by atoms with van der Waals surface area (Å²) in [7, 11) is 3.70. The molecule has 16 heavy (non-hydrogen) atoms. The van der Waals surface area contributed by atoms with Gasteiger partial charge in [-0.2, -0.15) is 20.1 Å². The Morgan fingerprint density at radius 2 is 2.12 bits per heavy atom. The van der Waals surface area contributed by atoms with Crippen molar-refractivity contribution in [2.75, 3.05) is 0 Å². The molecule has 0 fully saturated rings. The average Bonchev–Trinajstić information content (AvgIpc) is 2.74. The fourth-order valence-corrected chi connectivity index (χ4v) is 1.92. The van der Waals surface area contributed by atoms with Crippen LogP contribution in [-0.2, 0) is 27.2 Å². The van der Waals surface area contributed by atoms with Gasteiger partial charge in [-0.15, -0.1) is 0 Å². The number of nitrogens with zero attached hydrogens (tertiary/aromatic N) is 5. The molecule has 6 nitrogen and oxygen atoms in total. The summed E-state index contributed by atoms with van der Waals surface area (Å²) in [5, 5.41) is 15.8. The molecule has 0 aliphatic carbocycles. The normalized spacial score (nSPS) is 10.9. The largest absolute Gasteiger partial charge is 0.305 e. The van der Waals surface area contributed by atoms with Gasteiger partial charge in [0.2, 0.25) is 0 Å². The lowest BCUT2D eigenvalue weighted by molar-refractivity contribution is 0.614. The fraction of sp³-hybridized carbons (Fsp3) is 0.444. The predicted molar refractivity (Wildman–Crippen MR) is 62.5 cm³/mol. The van der Waals surface area contributed by atoms with Crippen molar-refractivity contribution >= 4 is 15.9 Å². The number of rotatable bonds is 4. The van der Waals surface area contributed by atoms with E-state index in [9.17, 15) is 0 Å². The van der Waals surface area contributed by atoms with E-state index in [-0.39, 0.29) is 0 Å². The van der Waals surface area contributed by atoms with Gasteiger partial charge in [0.15, 0.2) is 0 Å². The van der Waals surface area contributed by atoms with Crippen LogP contribution in [0.4, 0.5) is 0 Å². The molecule has 0 aromatic carbocycles. The van der Waals surface area contributed by atoms with Gasteiger partial charge in [0.1, 0.15) is 0 Å². The molecule has 0 saturated carbocycles. The highest BCUT2D eigenvalue weighted by Crippen LogP contribution is 2.13. The van der Waals surface area contributed by atoms with Crippen molar-refractivity contribution in [1.29, 1.82) is 0 Å². The molecule has 0 saturated heterocycles. The van der Waals surface area contributed by atoms with Crippen LogP contribution in [0.2, 0.25) is 0 Å². The number of halogens is 1. The molecule has 0 atom stereocenters. The Bertz CT molecular complexity index is 474. The first-order chi connectivity index (χ1) is 7.65. The van der Waals surface area contributed by atoms with Gasteiger partial charge >= 0.3 is 0 Å². The highest BCUT2D eigenvalue weighted by Gasteiger charge is 2.04. The monoisotopic (exact) mass is 284 g/mol. The second kappa shape index (κ2) is 4.75. The van der Waals surface area contributed by atoms with E-state index < -0.39 is 0 Å². The first kappa shape index (κ1) is 11.3. The molecule has 0 unspecified atom stereocenters. The van der Waals surface area contributed by atoms with E-state index in [2.05, 4.69) is 36.5 Å². The lowest BCUT2D eigenvalue weighted by atomic mass is 10.4. The molecular formula is C9H13BrN6. The van der Waals surface area contributed by atoms with Crippen molar-refractivity contribution in [2.24, 2.45) is 14.1 Å². The van der Waals surface area contributed by atoms with Gasteiger partial charge in [0, 0.05) is 33.4 Å². The van der Waals surface area contributed by atoms with Gasteiger partial charge in [-0.25, -0.2) is 0 Å². The number of hydrogen-bond acceptors (Lipinski definition) is 4. The van der Waals surface area contributed by atoms with Crippen molar-refractivity contribution in [2.45, 2.75) is 13.1 Å². The fourth-order valence-electron chi connectivity index (χ4n) is 1.40. The molecule has 86 valence electrons. The molecule has 0 bridgehead atoms. The first-order valence-electron chi connectivity index (χ1n) is 4.89. The summed E-state index contributed by atoms with van der Waals surface area (Å²) in [6.07, 6.45) is 3.68. The minimum atomic E-state index is 0.691. The number of hydrogen-bond donors (Lipinski definition) is 1. The number of aryl methyl sites for hydroxylation is 2. The Labute approximate surface area is 102 Å². The number of aromatic nitrogens is 5. The van der Waals surface area contributed by atoms with Crippen LogP contribution in [0.1, 0.15) is 11.4 Å². The molecule has 1 N–H and O–H groups in total. The third kappa shape index (κ3) is 2.67. The van der Waals surface area contributed by atoms with E-state index in [1.807, 2.05) is 13.2 Å². The zero-order valence-electron chi connectivity index (χ0n) is 9.18. The molecular weight excluding hydrogens is 272 g/mol. The second-order valence-electron chi connectivity index (χ2n) is 3.53. The molecule has 2 rings (SSSR count). The number of nitrogens with one attached hydrogen (secondary N) is 1. The van der Waals surface area contributed by atoms with E-state index in [4.69, 9.17) is 0 Å². The van der Waals surface area contributed by atoms with Gasteiger partial charge in [0.05, 0.1) is 22.1 Å². The smallest absolute Gasteiger partial charge is 0.0964 e. The van der Waals surface area contributed by atoms with E-state index in [0.29, 0.717) is 13.1 Å². The highest BCUT2D eigenvalue weighted by atomic mass is 79.9. The van der Waals surface area contributed by atoms with Gasteiger partial charge in [0.25, 0.3) is 0 Å². The van der Waals surface area contributed by atoms with Crippen LogP contribution in [0.25, 0.3) is 0 Å². The maximum absolute atomic E-state index is 4.31. The standard InChI is InChI=1S/C9H13BrN6/c1-15-6-8(10)9(14-15)5-11-3-7-4-12-16(2)13-7/h4,6,11H,3,5H2,1-2H3. The van der Waals surface area contributed by atoms with Gasteiger partial charge < -0.3 is 5.32 Å². The summed E-state index contributed by atoms with van der Waals surface area (Å²) in [5.74, 6) is 0. The Hall–Kier alpha value is -1.21. The van der Waals surface area contributed by atoms with Crippen LogP contribution >= 0.6 is 15.9 Å². The quantitative estimate of drug-likeness (QED) is 0.893. The lowest BCUT2D eigenvalue weighted by Gasteiger charge is -1.99. The Balaban J connectivity index is 1.86. The molecule has 2 aromatic rings. The molecule has 0 aliphatic heterocycles. The van der Waals surface area contributed by atoms with Crippen LogP contribution in [0.5, 0.6) is 0 Å². The van der Waals surface area contributed by atoms with E-state index in [1.165, 1.54) is 0 Å². The van der Waals surface area contributed by atoms with Crippen LogP contribution < -0.4 is 5.32 Å². The molecule has 0 spiro atoms. The second-order valence-corrected chi connectivity index (χ2v) is 4.38. The van der Waals surface area contributed by atoms with Gasteiger partial charge in [-0.05, 0) is 15.9 Å². The topological polar surface area (TPSA) is 60.6 Å². The van der Waals surface area contributed by atoms with Gasteiger partial charge in [-0.1, -0.05) is 0 Å². The first-order valence-corrected chi connectivity index (χ1v) is 5.68. The summed E-state index contributed by atoms with van der Waals surface area (Å²) in [6, 6.07) is 0. The zero-order chi connectivity index (χ0) is 11.5. The van der Waals surface area contributed by atoms with Crippen LogP contribution in [0, 0.1) is 0 Å². The molecule has 7 heteroatoms. The lowest BCUT2D eigenvalue weighted by Crippen LogP contribution is -2.14. The van der Waals surface area contributed by atoms with Crippen molar-refractivity contribution < 1.29 is 0 Å². The molecule has 2 heterocycles. The summed E-state index contributed by atoms with van der Waals surface area (Å²) in [6.45, 7) is 1.40. The van der Waals surface area contributed by atoms with Crippen LogP contribution in [0.15, 0.2) is 16.9 Å². The summed E-state index contributed by atoms with van der Waals surface area (Å²) in [5.41, 5.74) is 1.92. The Morgan fingerprint density at radius 1 is 1.31 bits per heavy atom. The van der Waals surface area contributed by atoms with Crippen molar-refractivity contribution in [1.82, 2.24) is 30.1 Å². The third-order valence-corrected chi connectivity index (χ3v) is 2.76. The summed E-state index contributed by atoms with van der Waals surface area (Å²) < 4.78 is 2.80. The average molecular weight is 285 g/mol. The molecule has 0 aliphatic rings.